The first-order chi connectivity index (χ1) is 24.5. The second kappa shape index (κ2) is 24.2. The summed E-state index contributed by atoms with van der Waals surface area (Å²) in [4.78, 5) is 45.0. The van der Waals surface area contributed by atoms with Gasteiger partial charge in [0.05, 0.1) is 30.3 Å². The Kier molecular flexibility index (Phi) is 25.2. The van der Waals surface area contributed by atoms with E-state index < -0.39 is 11.9 Å². The zero-order chi connectivity index (χ0) is 37.9. The first-order valence-corrected chi connectivity index (χ1v) is 21.7. The Labute approximate surface area is 374 Å². The third-order valence-corrected chi connectivity index (χ3v) is 17.6. The number of esters is 4. The number of hydrogen-bond donors (Lipinski definition) is 0. The van der Waals surface area contributed by atoms with Gasteiger partial charge in [-0.25, -0.2) is 0 Å². The SMILES string of the molecule is C.C.C.C.C.C.C.C.CC1C(=O)OC(=O)C1C.CC1C(C)C2CC1C1COC(=O)C21.CC1C2CCC(C2)C1C.CCC(C)C(=O)OC(C)(CC)C12CC3CC(CC(C3)C1)C2. The lowest BCUT2D eigenvalue weighted by molar-refractivity contribution is -0.208. The molecule has 0 radical (unpaired) electrons. The lowest BCUT2D eigenvalue weighted by atomic mass is 9.45. The highest BCUT2D eigenvalue weighted by Gasteiger charge is 2.61. The Hall–Kier alpha value is -1.92. The van der Waals surface area contributed by atoms with Crippen LogP contribution in [0.25, 0.3) is 0 Å². The minimum Gasteiger partial charge on any atom is -0.465 e. The van der Waals surface area contributed by atoms with E-state index in [-0.39, 0.29) is 106 Å². The third kappa shape index (κ3) is 11.4. The molecule has 8 bridgehead atoms. The number of carbonyl (C=O) groups excluding carboxylic acids is 4. The molecule has 0 spiro atoms. The van der Waals surface area contributed by atoms with Crippen LogP contribution in [0.1, 0.15) is 206 Å². The summed E-state index contributed by atoms with van der Waals surface area (Å²) in [5.41, 5.74) is 0.0309. The van der Waals surface area contributed by atoms with Crippen molar-refractivity contribution in [2.75, 3.05) is 6.61 Å². The van der Waals surface area contributed by atoms with E-state index in [2.05, 4.69) is 53.2 Å². The van der Waals surface area contributed by atoms with E-state index in [4.69, 9.17) is 9.47 Å². The summed E-state index contributed by atoms with van der Waals surface area (Å²) in [7, 11) is 0. The second-order valence-corrected chi connectivity index (χ2v) is 20.0. The van der Waals surface area contributed by atoms with Crippen LogP contribution in [-0.4, -0.2) is 36.1 Å². The summed E-state index contributed by atoms with van der Waals surface area (Å²) in [6.07, 6.45) is 16.0. The number of cyclic esters (lactones) is 3. The average molecular weight is 853 g/mol. The highest BCUT2D eigenvalue weighted by molar-refractivity contribution is 5.95. The van der Waals surface area contributed by atoms with Gasteiger partial charge in [-0.1, -0.05) is 122 Å². The van der Waals surface area contributed by atoms with Crippen LogP contribution in [0.3, 0.4) is 0 Å². The summed E-state index contributed by atoms with van der Waals surface area (Å²) in [5, 5.41) is 0. The van der Waals surface area contributed by atoms with Crippen LogP contribution >= 0.6 is 0 Å². The minimum absolute atomic E-state index is 0. The molecule has 14 atom stereocenters. The highest BCUT2D eigenvalue weighted by Crippen LogP contribution is 2.65. The summed E-state index contributed by atoms with van der Waals surface area (Å²) < 4.78 is 15.7. The van der Waals surface area contributed by atoms with Gasteiger partial charge in [0.15, 0.2) is 0 Å². The van der Waals surface area contributed by atoms with E-state index in [0.29, 0.717) is 18.4 Å². The van der Waals surface area contributed by atoms with Gasteiger partial charge in [-0.2, -0.15) is 0 Å². The molecule has 7 nitrogen and oxygen atoms in total. The third-order valence-electron chi connectivity index (χ3n) is 17.6. The summed E-state index contributed by atoms with van der Waals surface area (Å²) in [6, 6.07) is 0. The van der Waals surface area contributed by atoms with Crippen molar-refractivity contribution in [3.63, 3.8) is 0 Å². The Morgan fingerprint density at radius 3 is 1.43 bits per heavy atom. The standard InChI is InChI=1S/C19H32O2.C11H16O2.C9H16.C6H8O3.8CH4/c1-5-13(3)17(20)21-18(4,6-2)19-10-14-7-15(11-19)9-16(8-14)12-19;1-5-6(2)8-3-7(5)9-4-13-11(12)10(8)9;1-6-7(2)9-4-3-8(6)5-9;1-3-4(2)6(8)9-5(3)7;;;;;;;;/h13-16H,5-12H2,1-4H3;5-10H,3-4H2,1-2H3;6-9H,3-5H2,1-2H3;3-4H,1-2H3;8*1H4. The van der Waals surface area contributed by atoms with Gasteiger partial charge in [-0.3, -0.25) is 19.2 Å². The smallest absolute Gasteiger partial charge is 0.317 e. The monoisotopic (exact) mass is 853 g/mol. The molecule has 60 heavy (non-hydrogen) atoms. The van der Waals surface area contributed by atoms with E-state index in [1.54, 1.807) is 20.3 Å². The van der Waals surface area contributed by atoms with E-state index >= 15 is 0 Å². The van der Waals surface area contributed by atoms with Crippen LogP contribution in [0.15, 0.2) is 0 Å². The lowest BCUT2D eigenvalue weighted by Crippen LogP contribution is -2.58. The van der Waals surface area contributed by atoms with E-state index in [0.717, 1.165) is 72.0 Å². The molecule has 10 aliphatic rings. The molecular weight excluding hydrogens is 749 g/mol. The van der Waals surface area contributed by atoms with Crippen LogP contribution in [0.4, 0.5) is 0 Å². The zero-order valence-electron chi connectivity index (χ0n) is 34.3. The summed E-state index contributed by atoms with van der Waals surface area (Å²) in [5.74, 6) is 9.70. The van der Waals surface area contributed by atoms with Crippen molar-refractivity contribution in [1.82, 2.24) is 0 Å². The normalized spacial score (nSPS) is 40.9. The molecule has 14 unspecified atom stereocenters. The van der Waals surface area contributed by atoms with Gasteiger partial charge >= 0.3 is 23.9 Å². The number of hydrogen-bond acceptors (Lipinski definition) is 7. The first kappa shape index (κ1) is 62.4. The van der Waals surface area contributed by atoms with Crippen molar-refractivity contribution in [2.45, 2.75) is 211 Å². The maximum atomic E-state index is 12.4. The lowest BCUT2D eigenvalue weighted by Gasteiger charge is -2.62. The number of rotatable bonds is 5. The van der Waals surface area contributed by atoms with E-state index in [1.165, 1.54) is 57.8 Å². The molecule has 2 heterocycles. The molecule has 0 amide bonds. The molecule has 8 saturated carbocycles. The quantitative estimate of drug-likeness (QED) is 0.154. The van der Waals surface area contributed by atoms with E-state index in [9.17, 15) is 19.2 Å². The number of carbonyl (C=O) groups is 4. The van der Waals surface area contributed by atoms with Gasteiger partial charge < -0.3 is 14.2 Å². The Bertz CT molecular complexity index is 1270. The fraction of sp³-hybridized carbons (Fsp3) is 0.925. The van der Waals surface area contributed by atoms with Crippen molar-refractivity contribution in [1.29, 1.82) is 0 Å². The van der Waals surface area contributed by atoms with Gasteiger partial charge in [0, 0.05) is 11.3 Å². The second-order valence-electron chi connectivity index (χ2n) is 20.0. The number of fused-ring (bicyclic) bond motifs is 7. The molecular formula is C53H104O7. The molecule has 0 aromatic heterocycles. The van der Waals surface area contributed by atoms with Crippen molar-refractivity contribution in [3.05, 3.63) is 0 Å². The Morgan fingerprint density at radius 2 is 1.08 bits per heavy atom. The Morgan fingerprint density at radius 1 is 0.650 bits per heavy atom. The van der Waals surface area contributed by atoms with Gasteiger partial charge in [0.1, 0.15) is 5.60 Å². The molecule has 0 aromatic carbocycles. The van der Waals surface area contributed by atoms with Crippen molar-refractivity contribution in [2.24, 2.45) is 100 Å². The van der Waals surface area contributed by atoms with Gasteiger partial charge in [0.2, 0.25) is 0 Å². The predicted octanol–water partition coefficient (Wildman–Crippen LogP) is 14.8. The van der Waals surface area contributed by atoms with Gasteiger partial charge in [-0.15, -0.1) is 0 Å². The van der Waals surface area contributed by atoms with Crippen molar-refractivity contribution < 1.29 is 33.4 Å². The summed E-state index contributed by atoms with van der Waals surface area (Å²) >= 11 is 0. The maximum absolute atomic E-state index is 12.4. The molecule has 10 rings (SSSR count). The van der Waals surface area contributed by atoms with Crippen molar-refractivity contribution >= 4 is 23.9 Å². The fourth-order valence-corrected chi connectivity index (χ4v) is 13.4. The average Bonchev–Trinajstić information content (AvgIpc) is 3.96. The Balaban J connectivity index is -0.000000730. The molecule has 2 saturated heterocycles. The van der Waals surface area contributed by atoms with Crippen LogP contribution in [0.2, 0.25) is 0 Å². The number of ether oxygens (including phenoxy) is 3. The van der Waals surface area contributed by atoms with Crippen LogP contribution in [-0.2, 0) is 33.4 Å². The topological polar surface area (TPSA) is 96.0 Å². The summed E-state index contributed by atoms with van der Waals surface area (Å²) in [6.45, 7) is 22.1. The van der Waals surface area contributed by atoms with Gasteiger partial charge in [-0.05, 0) is 149 Å². The highest BCUT2D eigenvalue weighted by atomic mass is 16.6. The van der Waals surface area contributed by atoms with E-state index in [1.807, 2.05) is 6.92 Å². The molecule has 2 aliphatic heterocycles. The molecule has 0 N–H and O–H groups in total. The molecule has 7 heteroatoms. The molecule has 0 aromatic rings. The molecule has 8 aliphatic carbocycles. The molecule has 10 fully saturated rings. The minimum atomic E-state index is -0.396. The van der Waals surface area contributed by atoms with Crippen molar-refractivity contribution in [3.8, 4) is 0 Å². The zero-order valence-corrected chi connectivity index (χ0v) is 34.3. The van der Waals surface area contributed by atoms with Crippen LogP contribution in [0.5, 0.6) is 0 Å². The predicted molar refractivity (Wildman–Crippen MR) is 255 cm³/mol. The largest absolute Gasteiger partial charge is 0.465 e. The van der Waals surface area contributed by atoms with Crippen LogP contribution < -0.4 is 0 Å². The van der Waals surface area contributed by atoms with Gasteiger partial charge in [0.25, 0.3) is 0 Å². The molecule has 358 valence electrons. The first-order valence-electron chi connectivity index (χ1n) is 21.7. The van der Waals surface area contributed by atoms with Crippen LogP contribution in [0, 0.1) is 100 Å². The maximum Gasteiger partial charge on any atom is 0.317 e. The fourth-order valence-electron chi connectivity index (χ4n) is 13.4.